The summed E-state index contributed by atoms with van der Waals surface area (Å²) in [5.41, 5.74) is 0.510. The zero-order chi connectivity index (χ0) is 13.5. The lowest BCUT2D eigenvalue weighted by Gasteiger charge is -2.20. The Balaban J connectivity index is 2.74. The summed E-state index contributed by atoms with van der Waals surface area (Å²) in [7, 11) is 0. The van der Waals surface area contributed by atoms with E-state index in [9.17, 15) is 14.0 Å². The van der Waals surface area contributed by atoms with Gasteiger partial charge in [0, 0.05) is 19.2 Å². The normalized spacial score (nSPS) is 9.94. The second-order valence-corrected chi connectivity index (χ2v) is 3.93. The molecule has 0 aromatic heterocycles. The van der Waals surface area contributed by atoms with Crippen LogP contribution in [0.25, 0.3) is 0 Å². The molecule has 1 aromatic carbocycles. The maximum absolute atomic E-state index is 12.8. The Bertz CT molecular complexity index is 418. The fourth-order valence-electron chi connectivity index (χ4n) is 1.47. The maximum Gasteiger partial charge on any atom is 0.240 e. The number of nitrogens with one attached hydrogen (secondary N) is 1. The molecule has 4 nitrogen and oxygen atoms in total. The molecule has 98 valence electrons. The number of nitrogens with zero attached hydrogens (tertiary/aromatic N) is 1. The van der Waals surface area contributed by atoms with E-state index in [2.05, 4.69) is 5.32 Å². The fourth-order valence-corrected chi connectivity index (χ4v) is 1.47. The monoisotopic (exact) mass is 252 g/mol. The Morgan fingerprint density at radius 2 is 1.89 bits per heavy atom. The van der Waals surface area contributed by atoms with Gasteiger partial charge in [0.05, 0.1) is 0 Å². The van der Waals surface area contributed by atoms with Crippen molar-refractivity contribution in [1.29, 1.82) is 0 Å². The zero-order valence-corrected chi connectivity index (χ0v) is 10.6. The lowest BCUT2D eigenvalue weighted by Crippen LogP contribution is -2.40. The minimum Gasteiger partial charge on any atom is -0.355 e. The van der Waals surface area contributed by atoms with Gasteiger partial charge in [-0.25, -0.2) is 4.39 Å². The van der Waals surface area contributed by atoms with E-state index in [4.69, 9.17) is 0 Å². The van der Waals surface area contributed by atoms with Gasteiger partial charge in [0.1, 0.15) is 12.4 Å². The molecule has 0 saturated heterocycles. The second kappa shape index (κ2) is 6.74. The molecular formula is C13H17FN2O2. The molecule has 2 amide bonds. The summed E-state index contributed by atoms with van der Waals surface area (Å²) in [4.78, 5) is 24.4. The third-order valence-corrected chi connectivity index (χ3v) is 2.39. The predicted molar refractivity (Wildman–Crippen MR) is 67.7 cm³/mol. The van der Waals surface area contributed by atoms with Gasteiger partial charge < -0.3 is 10.2 Å². The molecule has 0 aliphatic carbocycles. The highest BCUT2D eigenvalue weighted by Gasteiger charge is 2.15. The summed E-state index contributed by atoms with van der Waals surface area (Å²) in [5.74, 6) is -0.859. The minimum absolute atomic E-state index is 0.0546. The lowest BCUT2D eigenvalue weighted by molar-refractivity contribution is -0.123. The van der Waals surface area contributed by atoms with Crippen LogP contribution >= 0.6 is 0 Å². The minimum atomic E-state index is -0.377. The van der Waals surface area contributed by atoms with E-state index in [0.717, 1.165) is 6.42 Å². The maximum atomic E-state index is 12.8. The molecule has 0 saturated carbocycles. The van der Waals surface area contributed by atoms with Crippen LogP contribution in [0.2, 0.25) is 0 Å². The Labute approximate surface area is 106 Å². The number of rotatable bonds is 5. The largest absolute Gasteiger partial charge is 0.355 e. The van der Waals surface area contributed by atoms with Crippen molar-refractivity contribution < 1.29 is 14.0 Å². The van der Waals surface area contributed by atoms with E-state index in [1.807, 2.05) is 6.92 Å². The van der Waals surface area contributed by atoms with Crippen molar-refractivity contribution in [2.45, 2.75) is 20.3 Å². The SMILES string of the molecule is CCCNC(=O)CN(C(C)=O)c1ccc(F)cc1. The van der Waals surface area contributed by atoms with Gasteiger partial charge >= 0.3 is 0 Å². The average molecular weight is 252 g/mol. The standard InChI is InChI=1S/C13H17FN2O2/c1-3-8-15-13(18)9-16(10(2)17)12-6-4-11(14)5-7-12/h4-7H,3,8-9H2,1-2H3,(H,15,18). The number of amides is 2. The van der Waals surface area contributed by atoms with Gasteiger partial charge in [0.2, 0.25) is 11.8 Å². The van der Waals surface area contributed by atoms with Crippen molar-refractivity contribution >= 4 is 17.5 Å². The smallest absolute Gasteiger partial charge is 0.240 e. The predicted octanol–water partition coefficient (Wildman–Crippen LogP) is 1.70. The molecule has 0 atom stereocenters. The number of anilines is 1. The van der Waals surface area contributed by atoms with Crippen LogP contribution in [0.1, 0.15) is 20.3 Å². The van der Waals surface area contributed by atoms with Gasteiger partial charge in [-0.1, -0.05) is 6.92 Å². The van der Waals surface area contributed by atoms with Crippen LogP contribution in [0, 0.1) is 5.82 Å². The molecule has 1 rings (SSSR count). The molecule has 0 unspecified atom stereocenters. The molecule has 0 bridgehead atoms. The summed E-state index contributed by atoms with van der Waals surface area (Å²) in [6.07, 6.45) is 0.836. The number of hydrogen-bond donors (Lipinski definition) is 1. The van der Waals surface area contributed by atoms with Crippen molar-refractivity contribution in [1.82, 2.24) is 5.32 Å². The van der Waals surface area contributed by atoms with E-state index in [-0.39, 0.29) is 24.2 Å². The van der Waals surface area contributed by atoms with Crippen LogP contribution in [0.5, 0.6) is 0 Å². The highest BCUT2D eigenvalue weighted by atomic mass is 19.1. The first kappa shape index (κ1) is 14.2. The molecule has 0 fully saturated rings. The Morgan fingerprint density at radius 1 is 1.28 bits per heavy atom. The summed E-state index contributed by atoms with van der Waals surface area (Å²) in [5, 5.41) is 2.69. The van der Waals surface area contributed by atoms with Crippen molar-refractivity contribution in [3.63, 3.8) is 0 Å². The summed E-state index contributed by atoms with van der Waals surface area (Å²) < 4.78 is 12.8. The van der Waals surface area contributed by atoms with E-state index in [1.165, 1.54) is 36.1 Å². The topological polar surface area (TPSA) is 49.4 Å². The second-order valence-electron chi connectivity index (χ2n) is 3.93. The van der Waals surface area contributed by atoms with Crippen molar-refractivity contribution in [3.05, 3.63) is 30.1 Å². The van der Waals surface area contributed by atoms with E-state index in [1.54, 1.807) is 0 Å². The molecule has 0 aliphatic heterocycles. The van der Waals surface area contributed by atoms with Crippen LogP contribution in [0.3, 0.4) is 0 Å². The Morgan fingerprint density at radius 3 is 2.39 bits per heavy atom. The number of halogens is 1. The molecule has 0 heterocycles. The zero-order valence-electron chi connectivity index (χ0n) is 10.6. The van der Waals surface area contributed by atoms with Gasteiger partial charge in [-0.15, -0.1) is 0 Å². The number of carbonyl (C=O) groups excluding carboxylic acids is 2. The van der Waals surface area contributed by atoms with E-state index in [0.29, 0.717) is 12.2 Å². The van der Waals surface area contributed by atoms with Gasteiger partial charge in [-0.3, -0.25) is 9.59 Å². The van der Waals surface area contributed by atoms with Crippen LogP contribution in [0.15, 0.2) is 24.3 Å². The van der Waals surface area contributed by atoms with E-state index >= 15 is 0 Å². The Hall–Kier alpha value is -1.91. The van der Waals surface area contributed by atoms with Crippen LogP contribution in [0.4, 0.5) is 10.1 Å². The first-order chi connectivity index (χ1) is 8.54. The third-order valence-electron chi connectivity index (χ3n) is 2.39. The van der Waals surface area contributed by atoms with E-state index < -0.39 is 0 Å². The van der Waals surface area contributed by atoms with Crippen molar-refractivity contribution in [2.75, 3.05) is 18.0 Å². The molecule has 1 N–H and O–H groups in total. The molecular weight excluding hydrogens is 235 g/mol. The van der Waals surface area contributed by atoms with Gasteiger partial charge in [-0.2, -0.15) is 0 Å². The summed E-state index contributed by atoms with van der Waals surface area (Å²) >= 11 is 0. The fraction of sp³-hybridized carbons (Fsp3) is 0.385. The van der Waals surface area contributed by atoms with Gasteiger partial charge in [0.15, 0.2) is 0 Å². The first-order valence-electron chi connectivity index (χ1n) is 5.85. The van der Waals surface area contributed by atoms with Crippen LogP contribution in [-0.2, 0) is 9.59 Å². The molecule has 18 heavy (non-hydrogen) atoms. The van der Waals surface area contributed by atoms with Crippen molar-refractivity contribution in [2.24, 2.45) is 0 Å². The number of benzene rings is 1. The average Bonchev–Trinajstić information content (AvgIpc) is 2.34. The lowest BCUT2D eigenvalue weighted by atomic mass is 10.2. The van der Waals surface area contributed by atoms with Crippen LogP contribution in [-0.4, -0.2) is 24.9 Å². The molecule has 0 aliphatic rings. The highest BCUT2D eigenvalue weighted by Crippen LogP contribution is 2.14. The first-order valence-corrected chi connectivity index (χ1v) is 5.85. The van der Waals surface area contributed by atoms with Crippen molar-refractivity contribution in [3.8, 4) is 0 Å². The van der Waals surface area contributed by atoms with Crippen LogP contribution < -0.4 is 10.2 Å². The van der Waals surface area contributed by atoms with Gasteiger partial charge in [-0.05, 0) is 30.7 Å². The van der Waals surface area contributed by atoms with Gasteiger partial charge in [0.25, 0.3) is 0 Å². The number of hydrogen-bond acceptors (Lipinski definition) is 2. The highest BCUT2D eigenvalue weighted by molar-refractivity contribution is 5.97. The quantitative estimate of drug-likeness (QED) is 0.867. The molecule has 0 radical (unpaired) electrons. The third kappa shape index (κ3) is 4.16. The number of carbonyl (C=O) groups is 2. The molecule has 0 spiro atoms. The molecule has 5 heteroatoms. The summed E-state index contributed by atoms with van der Waals surface area (Å²) in [6, 6.07) is 5.47. The Kier molecular flexibility index (Phi) is 5.30. The summed E-state index contributed by atoms with van der Waals surface area (Å²) in [6.45, 7) is 3.84. The molecule has 1 aromatic rings.